The molecule has 1 N–H and O–H groups in total. The van der Waals surface area contributed by atoms with Gasteiger partial charge >= 0.3 is 0 Å². The van der Waals surface area contributed by atoms with E-state index < -0.39 is 5.91 Å². The number of aromatic nitrogens is 4. The van der Waals surface area contributed by atoms with Crippen molar-refractivity contribution < 1.29 is 14.1 Å². The van der Waals surface area contributed by atoms with Crippen molar-refractivity contribution in [3.8, 4) is 17.0 Å². The molecule has 0 spiro atoms. The average Bonchev–Trinajstić information content (AvgIpc) is 3.45. The molecule has 0 aliphatic carbocycles. The minimum Gasteiger partial charge on any atom is -0.489 e. The number of carbonyl (C=O) groups excluding carboxylic acids is 1. The standard InChI is InChI=1S/C21H20ClN5O3S/c1-4-27-9-16(12(2)25-27)18-11-31-21(23-18)24-20(28)19-17(13(3)30-26-19)10-29-15-7-5-6-14(22)8-15/h5-9,11H,4,10H2,1-3H3,(H,23,24,28). The summed E-state index contributed by atoms with van der Waals surface area (Å²) in [4.78, 5) is 17.3. The van der Waals surface area contributed by atoms with Gasteiger partial charge in [0.25, 0.3) is 5.91 Å². The summed E-state index contributed by atoms with van der Waals surface area (Å²) in [5.41, 5.74) is 3.31. The van der Waals surface area contributed by atoms with E-state index in [0.29, 0.717) is 27.2 Å². The number of hydrogen-bond acceptors (Lipinski definition) is 7. The van der Waals surface area contributed by atoms with Crippen LogP contribution in [0, 0.1) is 13.8 Å². The van der Waals surface area contributed by atoms with Gasteiger partial charge in [-0.05, 0) is 39.0 Å². The van der Waals surface area contributed by atoms with Crippen LogP contribution in [0.3, 0.4) is 0 Å². The van der Waals surface area contributed by atoms with E-state index in [0.717, 1.165) is 23.5 Å². The predicted octanol–water partition coefficient (Wildman–Crippen LogP) is 5.12. The molecule has 4 aromatic rings. The van der Waals surface area contributed by atoms with Crippen LogP contribution >= 0.6 is 22.9 Å². The van der Waals surface area contributed by atoms with Crippen LogP contribution in [0.5, 0.6) is 5.75 Å². The maximum atomic E-state index is 12.8. The van der Waals surface area contributed by atoms with Crippen LogP contribution < -0.4 is 10.1 Å². The highest BCUT2D eigenvalue weighted by atomic mass is 35.5. The molecule has 3 heterocycles. The predicted molar refractivity (Wildman–Crippen MR) is 119 cm³/mol. The Morgan fingerprint density at radius 2 is 2.19 bits per heavy atom. The second-order valence-electron chi connectivity index (χ2n) is 6.79. The molecule has 0 aliphatic heterocycles. The molecular formula is C21H20ClN5O3S. The normalized spacial score (nSPS) is 11.0. The van der Waals surface area contributed by atoms with Crippen molar-refractivity contribution in [3.63, 3.8) is 0 Å². The fourth-order valence-corrected chi connectivity index (χ4v) is 3.88. The van der Waals surface area contributed by atoms with E-state index in [1.54, 1.807) is 31.2 Å². The highest BCUT2D eigenvalue weighted by Gasteiger charge is 2.22. The zero-order chi connectivity index (χ0) is 22.0. The number of carbonyl (C=O) groups is 1. The number of ether oxygens (including phenoxy) is 1. The molecule has 4 rings (SSSR count). The van der Waals surface area contributed by atoms with Crippen LogP contribution in [0.25, 0.3) is 11.3 Å². The molecule has 0 bridgehead atoms. The van der Waals surface area contributed by atoms with Crippen molar-refractivity contribution in [3.05, 3.63) is 63.6 Å². The maximum absolute atomic E-state index is 12.8. The molecular weight excluding hydrogens is 438 g/mol. The highest BCUT2D eigenvalue weighted by Crippen LogP contribution is 2.28. The second-order valence-corrected chi connectivity index (χ2v) is 8.08. The zero-order valence-electron chi connectivity index (χ0n) is 17.2. The number of amides is 1. The number of halogens is 1. The Morgan fingerprint density at radius 1 is 1.35 bits per heavy atom. The smallest absolute Gasteiger partial charge is 0.280 e. The lowest BCUT2D eigenvalue weighted by atomic mass is 10.2. The third kappa shape index (κ3) is 4.62. The number of nitrogens with one attached hydrogen (secondary N) is 1. The molecule has 1 amide bonds. The van der Waals surface area contributed by atoms with Crippen LogP contribution in [-0.4, -0.2) is 25.8 Å². The van der Waals surface area contributed by atoms with E-state index in [-0.39, 0.29) is 12.3 Å². The van der Waals surface area contributed by atoms with Crippen molar-refractivity contribution >= 4 is 34.0 Å². The number of nitrogens with zero attached hydrogens (tertiary/aromatic N) is 4. The van der Waals surface area contributed by atoms with Gasteiger partial charge in [0.1, 0.15) is 18.1 Å². The first-order valence-electron chi connectivity index (χ1n) is 9.59. The van der Waals surface area contributed by atoms with Gasteiger partial charge in [0, 0.05) is 28.7 Å². The Balaban J connectivity index is 1.48. The van der Waals surface area contributed by atoms with E-state index in [4.69, 9.17) is 20.9 Å². The molecule has 0 fully saturated rings. The van der Waals surface area contributed by atoms with E-state index in [2.05, 4.69) is 20.6 Å². The third-order valence-corrected chi connectivity index (χ3v) is 5.64. The molecule has 10 heteroatoms. The summed E-state index contributed by atoms with van der Waals surface area (Å²) >= 11 is 7.32. The SMILES string of the molecule is CCn1cc(-c2csc(NC(=O)c3noc(C)c3COc3cccc(Cl)c3)n2)c(C)n1. The second kappa shape index (κ2) is 8.91. The Hall–Kier alpha value is -3.17. The van der Waals surface area contributed by atoms with Crippen molar-refractivity contribution in [2.45, 2.75) is 33.9 Å². The number of hydrogen-bond donors (Lipinski definition) is 1. The Bertz CT molecular complexity index is 1230. The third-order valence-electron chi connectivity index (χ3n) is 4.65. The number of benzene rings is 1. The van der Waals surface area contributed by atoms with E-state index in [1.807, 2.05) is 30.1 Å². The van der Waals surface area contributed by atoms with Gasteiger partial charge in [0.2, 0.25) is 0 Å². The van der Waals surface area contributed by atoms with Crippen molar-refractivity contribution in [2.24, 2.45) is 0 Å². The summed E-state index contributed by atoms with van der Waals surface area (Å²) in [6.07, 6.45) is 1.95. The number of aryl methyl sites for hydroxylation is 3. The zero-order valence-corrected chi connectivity index (χ0v) is 18.8. The van der Waals surface area contributed by atoms with Crippen molar-refractivity contribution in [1.82, 2.24) is 19.9 Å². The van der Waals surface area contributed by atoms with Gasteiger partial charge in [0.15, 0.2) is 10.8 Å². The van der Waals surface area contributed by atoms with E-state index >= 15 is 0 Å². The van der Waals surface area contributed by atoms with E-state index in [1.165, 1.54) is 11.3 Å². The van der Waals surface area contributed by atoms with Crippen LogP contribution in [0.2, 0.25) is 5.02 Å². The van der Waals surface area contributed by atoms with Gasteiger partial charge in [-0.3, -0.25) is 14.8 Å². The van der Waals surface area contributed by atoms with Crippen LogP contribution in [0.1, 0.15) is 34.4 Å². The van der Waals surface area contributed by atoms with Crippen LogP contribution in [0.15, 0.2) is 40.4 Å². The average molecular weight is 458 g/mol. The molecule has 160 valence electrons. The summed E-state index contributed by atoms with van der Waals surface area (Å²) in [5, 5.41) is 14.1. The Morgan fingerprint density at radius 3 is 2.94 bits per heavy atom. The minimum absolute atomic E-state index is 0.122. The fraction of sp³-hybridized carbons (Fsp3) is 0.238. The summed E-state index contributed by atoms with van der Waals surface area (Å²) < 4.78 is 12.8. The summed E-state index contributed by atoms with van der Waals surface area (Å²) in [7, 11) is 0. The molecule has 8 nitrogen and oxygen atoms in total. The maximum Gasteiger partial charge on any atom is 0.280 e. The van der Waals surface area contributed by atoms with Crippen LogP contribution in [-0.2, 0) is 13.2 Å². The molecule has 0 unspecified atom stereocenters. The molecule has 0 atom stereocenters. The van der Waals surface area contributed by atoms with Gasteiger partial charge in [0.05, 0.1) is 17.0 Å². The quantitative estimate of drug-likeness (QED) is 0.414. The number of anilines is 1. The summed E-state index contributed by atoms with van der Waals surface area (Å²) in [5.74, 6) is 0.685. The van der Waals surface area contributed by atoms with Crippen LogP contribution in [0.4, 0.5) is 5.13 Å². The first kappa shape index (κ1) is 21.1. The molecule has 0 radical (unpaired) electrons. The van der Waals surface area contributed by atoms with Gasteiger partial charge in [-0.2, -0.15) is 5.10 Å². The Labute approximate surface area is 187 Å². The Kier molecular flexibility index (Phi) is 6.06. The lowest BCUT2D eigenvalue weighted by Gasteiger charge is -2.07. The fourth-order valence-electron chi connectivity index (χ4n) is 2.99. The molecule has 0 saturated heterocycles. The molecule has 0 aliphatic rings. The van der Waals surface area contributed by atoms with Gasteiger partial charge in [-0.25, -0.2) is 4.98 Å². The first-order chi connectivity index (χ1) is 14.9. The molecule has 0 saturated carbocycles. The van der Waals surface area contributed by atoms with E-state index in [9.17, 15) is 4.79 Å². The lowest BCUT2D eigenvalue weighted by Crippen LogP contribution is -2.15. The van der Waals surface area contributed by atoms with Crippen molar-refractivity contribution in [1.29, 1.82) is 0 Å². The van der Waals surface area contributed by atoms with Crippen molar-refractivity contribution in [2.75, 3.05) is 5.32 Å². The largest absolute Gasteiger partial charge is 0.489 e. The first-order valence-corrected chi connectivity index (χ1v) is 10.8. The molecule has 1 aromatic carbocycles. The molecule has 31 heavy (non-hydrogen) atoms. The molecule has 3 aromatic heterocycles. The number of thiazole rings is 1. The topological polar surface area (TPSA) is 95.1 Å². The van der Waals surface area contributed by atoms with Gasteiger partial charge in [-0.1, -0.05) is 22.8 Å². The summed E-state index contributed by atoms with van der Waals surface area (Å²) in [6, 6.07) is 7.03. The number of rotatable bonds is 7. The monoisotopic (exact) mass is 457 g/mol. The minimum atomic E-state index is -0.414. The highest BCUT2D eigenvalue weighted by molar-refractivity contribution is 7.14. The van der Waals surface area contributed by atoms with Gasteiger partial charge in [-0.15, -0.1) is 11.3 Å². The summed E-state index contributed by atoms with van der Waals surface area (Å²) in [6.45, 7) is 6.59. The lowest BCUT2D eigenvalue weighted by molar-refractivity contribution is 0.101. The van der Waals surface area contributed by atoms with Gasteiger partial charge < -0.3 is 9.26 Å².